The first-order chi connectivity index (χ1) is 7.58. The van der Waals surface area contributed by atoms with Crippen LogP contribution < -0.4 is 0 Å². The van der Waals surface area contributed by atoms with Crippen LogP contribution in [-0.4, -0.2) is 0 Å². The van der Waals surface area contributed by atoms with Gasteiger partial charge in [-0.3, -0.25) is 0 Å². The highest BCUT2D eigenvalue weighted by Crippen LogP contribution is 2.23. The molecule has 80 valence electrons. The van der Waals surface area contributed by atoms with Crippen LogP contribution in [0.1, 0.15) is 22.3 Å². The summed E-state index contributed by atoms with van der Waals surface area (Å²) in [7, 11) is 0. The lowest BCUT2D eigenvalue weighted by atomic mass is 9.98. The molecule has 0 heteroatoms. The summed E-state index contributed by atoms with van der Waals surface area (Å²) in [5.74, 6) is 0. The Morgan fingerprint density at radius 3 is 1.31 bits per heavy atom. The molecule has 0 aliphatic heterocycles. The van der Waals surface area contributed by atoms with Gasteiger partial charge in [-0.15, -0.1) is 0 Å². The van der Waals surface area contributed by atoms with Crippen LogP contribution in [-0.2, 0) is 0 Å². The minimum Gasteiger partial charge on any atom is -0.0584 e. The highest BCUT2D eigenvalue weighted by molar-refractivity contribution is 5.64. The SMILES string of the molecule is Cc1[c]c(-c2[c]c(C)c(C)cc2)ccc1C. The minimum atomic E-state index is 1.13. The lowest BCUT2D eigenvalue weighted by molar-refractivity contribution is 1.31. The van der Waals surface area contributed by atoms with E-state index in [1.54, 1.807) is 0 Å². The quantitative estimate of drug-likeness (QED) is 0.659. The van der Waals surface area contributed by atoms with Gasteiger partial charge in [-0.25, -0.2) is 0 Å². The predicted molar refractivity (Wildman–Crippen MR) is 68.5 cm³/mol. The molecular weight excluding hydrogens is 192 g/mol. The van der Waals surface area contributed by atoms with Crippen LogP contribution >= 0.6 is 0 Å². The maximum absolute atomic E-state index is 3.41. The zero-order chi connectivity index (χ0) is 11.7. The van der Waals surface area contributed by atoms with Crippen molar-refractivity contribution in [2.75, 3.05) is 0 Å². The van der Waals surface area contributed by atoms with Crippen LogP contribution in [0.3, 0.4) is 0 Å². The number of hydrogen-bond donors (Lipinski definition) is 0. The largest absolute Gasteiger partial charge is 0.0584 e. The summed E-state index contributed by atoms with van der Waals surface area (Å²) in [6.07, 6.45) is 0. The molecule has 0 amide bonds. The molecule has 0 aliphatic carbocycles. The van der Waals surface area contributed by atoms with Gasteiger partial charge in [0, 0.05) is 0 Å². The molecule has 0 aliphatic rings. The molecule has 0 bridgehead atoms. The molecule has 0 nitrogen and oxygen atoms in total. The van der Waals surface area contributed by atoms with Crippen LogP contribution in [0.25, 0.3) is 11.1 Å². The van der Waals surface area contributed by atoms with Crippen molar-refractivity contribution in [1.29, 1.82) is 0 Å². The molecule has 16 heavy (non-hydrogen) atoms. The van der Waals surface area contributed by atoms with Gasteiger partial charge in [0.2, 0.25) is 0 Å². The summed E-state index contributed by atoms with van der Waals surface area (Å²) < 4.78 is 0. The lowest BCUT2D eigenvalue weighted by Crippen LogP contribution is -1.87. The van der Waals surface area contributed by atoms with Crippen molar-refractivity contribution in [3.63, 3.8) is 0 Å². The monoisotopic (exact) mass is 208 g/mol. The summed E-state index contributed by atoms with van der Waals surface area (Å²) in [6, 6.07) is 15.3. The fourth-order valence-electron chi connectivity index (χ4n) is 1.67. The van der Waals surface area contributed by atoms with Gasteiger partial charge in [0.25, 0.3) is 0 Å². The van der Waals surface area contributed by atoms with Gasteiger partial charge in [-0.1, -0.05) is 24.3 Å². The Morgan fingerprint density at radius 1 is 0.625 bits per heavy atom. The molecular formula is C16H16. The molecule has 0 atom stereocenters. The van der Waals surface area contributed by atoms with Crippen LogP contribution in [0.15, 0.2) is 24.3 Å². The highest BCUT2D eigenvalue weighted by Gasteiger charge is 2.02. The van der Waals surface area contributed by atoms with E-state index in [0.29, 0.717) is 0 Å². The zero-order valence-corrected chi connectivity index (χ0v) is 10.3. The van der Waals surface area contributed by atoms with Crippen molar-refractivity contribution in [3.05, 3.63) is 58.7 Å². The van der Waals surface area contributed by atoms with E-state index >= 15 is 0 Å². The molecule has 0 spiro atoms. The molecule has 0 fully saturated rings. The summed E-state index contributed by atoms with van der Waals surface area (Å²) in [5, 5.41) is 0. The molecule has 2 rings (SSSR count). The van der Waals surface area contributed by atoms with Crippen LogP contribution in [0.2, 0.25) is 0 Å². The van der Waals surface area contributed by atoms with Gasteiger partial charge >= 0.3 is 0 Å². The van der Waals surface area contributed by atoms with Crippen molar-refractivity contribution >= 4 is 0 Å². The Balaban J connectivity index is 2.50. The second kappa shape index (κ2) is 4.13. The Labute approximate surface area is 97.9 Å². The Bertz CT molecular complexity index is 472. The standard InChI is InChI=1S/C16H16/c1-11-5-7-15(9-13(11)3)16-8-6-12(2)14(4)10-16/h5-8H,1-4H3. The van der Waals surface area contributed by atoms with Crippen molar-refractivity contribution in [2.45, 2.75) is 27.7 Å². The van der Waals surface area contributed by atoms with Gasteiger partial charge < -0.3 is 0 Å². The van der Waals surface area contributed by atoms with E-state index in [1.807, 2.05) is 0 Å². The van der Waals surface area contributed by atoms with Gasteiger partial charge in [0.05, 0.1) is 0 Å². The van der Waals surface area contributed by atoms with Gasteiger partial charge in [0.1, 0.15) is 0 Å². The average Bonchev–Trinajstić information content (AvgIpc) is 2.26. The molecule has 0 N–H and O–H groups in total. The van der Waals surface area contributed by atoms with E-state index in [9.17, 15) is 0 Å². The first kappa shape index (κ1) is 10.9. The maximum atomic E-state index is 3.41. The molecule has 2 radical (unpaired) electrons. The van der Waals surface area contributed by atoms with Gasteiger partial charge in [-0.2, -0.15) is 0 Å². The second-order valence-electron chi connectivity index (χ2n) is 4.36. The minimum absolute atomic E-state index is 1.13. The number of aryl methyl sites for hydroxylation is 4. The molecule has 2 aromatic rings. The third-order valence-corrected chi connectivity index (χ3v) is 3.12. The molecule has 0 saturated heterocycles. The van der Waals surface area contributed by atoms with E-state index in [-0.39, 0.29) is 0 Å². The van der Waals surface area contributed by atoms with Gasteiger partial charge in [0.15, 0.2) is 0 Å². The number of benzene rings is 2. The maximum Gasteiger partial charge on any atom is -0.00642 e. The topological polar surface area (TPSA) is 0 Å². The zero-order valence-electron chi connectivity index (χ0n) is 10.3. The van der Waals surface area contributed by atoms with Crippen molar-refractivity contribution in [2.24, 2.45) is 0 Å². The predicted octanol–water partition coefficient (Wildman–Crippen LogP) is 4.19. The molecule has 2 aromatic carbocycles. The normalized spacial score (nSPS) is 10.5. The molecule has 0 heterocycles. The van der Waals surface area contributed by atoms with E-state index in [0.717, 1.165) is 11.1 Å². The smallest absolute Gasteiger partial charge is 0.00642 e. The summed E-state index contributed by atoms with van der Waals surface area (Å²) >= 11 is 0. The van der Waals surface area contributed by atoms with E-state index in [1.165, 1.54) is 22.3 Å². The molecule has 0 aromatic heterocycles. The van der Waals surface area contributed by atoms with E-state index in [4.69, 9.17) is 0 Å². The molecule has 0 saturated carbocycles. The Morgan fingerprint density at radius 2 is 1.00 bits per heavy atom. The molecule has 0 unspecified atom stereocenters. The summed E-state index contributed by atoms with van der Waals surface area (Å²) in [4.78, 5) is 0. The second-order valence-corrected chi connectivity index (χ2v) is 4.36. The van der Waals surface area contributed by atoms with Crippen molar-refractivity contribution in [3.8, 4) is 11.1 Å². The Kier molecular flexibility index (Phi) is 2.82. The van der Waals surface area contributed by atoms with Crippen molar-refractivity contribution < 1.29 is 0 Å². The lowest BCUT2D eigenvalue weighted by Gasteiger charge is -2.06. The number of rotatable bonds is 1. The van der Waals surface area contributed by atoms with Crippen LogP contribution in [0, 0.1) is 39.8 Å². The van der Waals surface area contributed by atoms with Gasteiger partial charge in [-0.05, 0) is 73.2 Å². The van der Waals surface area contributed by atoms with E-state index in [2.05, 4.69) is 64.1 Å². The highest BCUT2D eigenvalue weighted by atomic mass is 14.1. The first-order valence-electron chi connectivity index (χ1n) is 5.57. The van der Waals surface area contributed by atoms with Crippen LogP contribution in [0.4, 0.5) is 0 Å². The first-order valence-corrected chi connectivity index (χ1v) is 5.57. The third-order valence-electron chi connectivity index (χ3n) is 3.12. The fourth-order valence-corrected chi connectivity index (χ4v) is 1.67. The summed E-state index contributed by atoms with van der Waals surface area (Å²) in [5.41, 5.74) is 7.26. The summed E-state index contributed by atoms with van der Waals surface area (Å²) in [6.45, 7) is 8.42. The van der Waals surface area contributed by atoms with Crippen molar-refractivity contribution in [1.82, 2.24) is 0 Å². The Hall–Kier alpha value is -1.56. The fraction of sp³-hybridized carbons (Fsp3) is 0.250. The third kappa shape index (κ3) is 2.01. The van der Waals surface area contributed by atoms with Crippen LogP contribution in [0.5, 0.6) is 0 Å². The number of hydrogen-bond acceptors (Lipinski definition) is 0. The average molecular weight is 208 g/mol. The van der Waals surface area contributed by atoms with E-state index < -0.39 is 0 Å².